The molecule has 0 spiro atoms. The van der Waals surface area contributed by atoms with Crippen molar-refractivity contribution in [2.75, 3.05) is 18.9 Å². The number of fused-ring (bicyclic) bond motifs is 1. The molecule has 3 rings (SSSR count). The smallest absolute Gasteiger partial charge is 0.0594 e. The van der Waals surface area contributed by atoms with Gasteiger partial charge >= 0.3 is 0 Å². The summed E-state index contributed by atoms with van der Waals surface area (Å²) in [7, 11) is 0. The van der Waals surface area contributed by atoms with E-state index in [1.165, 1.54) is 54.7 Å². The number of ether oxygens (including phenoxy) is 1. The van der Waals surface area contributed by atoms with Gasteiger partial charge in [-0.3, -0.25) is 0 Å². The van der Waals surface area contributed by atoms with E-state index in [1.807, 2.05) is 11.8 Å². The lowest BCUT2D eigenvalue weighted by atomic mass is 9.98. The summed E-state index contributed by atoms with van der Waals surface area (Å²) in [4.78, 5) is 1.45. The Labute approximate surface area is 126 Å². The van der Waals surface area contributed by atoms with Crippen LogP contribution in [0.5, 0.6) is 0 Å². The van der Waals surface area contributed by atoms with Crippen molar-refractivity contribution in [2.45, 2.75) is 55.6 Å². The maximum atomic E-state index is 5.99. The van der Waals surface area contributed by atoms with E-state index in [0.717, 1.165) is 13.2 Å². The van der Waals surface area contributed by atoms with Crippen LogP contribution < -0.4 is 5.32 Å². The summed E-state index contributed by atoms with van der Waals surface area (Å²) in [6, 6.07) is 9.31. The monoisotopic (exact) mass is 291 g/mol. The van der Waals surface area contributed by atoms with E-state index in [-0.39, 0.29) is 0 Å². The average molecular weight is 291 g/mol. The topological polar surface area (TPSA) is 21.3 Å². The van der Waals surface area contributed by atoms with Gasteiger partial charge in [-0.05, 0) is 36.6 Å². The molecule has 0 radical (unpaired) electrons. The molecule has 1 unspecified atom stereocenters. The summed E-state index contributed by atoms with van der Waals surface area (Å²) in [6.07, 6.45) is 8.39. The highest BCUT2D eigenvalue weighted by molar-refractivity contribution is 7.99. The summed E-state index contributed by atoms with van der Waals surface area (Å²) in [5.74, 6) is 1.22. The Morgan fingerprint density at radius 3 is 2.85 bits per heavy atom. The maximum Gasteiger partial charge on any atom is 0.0594 e. The molecule has 110 valence electrons. The Hall–Kier alpha value is -0.510. The molecule has 0 amide bonds. The van der Waals surface area contributed by atoms with Gasteiger partial charge in [0, 0.05) is 17.5 Å². The first kappa shape index (κ1) is 14.4. The second-order valence-corrected chi connectivity index (χ2v) is 6.95. The zero-order chi connectivity index (χ0) is 13.6. The molecular formula is C17H25NOS. The van der Waals surface area contributed by atoms with Crippen molar-refractivity contribution in [1.82, 2.24) is 5.32 Å². The van der Waals surface area contributed by atoms with E-state index in [0.29, 0.717) is 12.1 Å². The van der Waals surface area contributed by atoms with Gasteiger partial charge < -0.3 is 10.1 Å². The quantitative estimate of drug-likeness (QED) is 0.823. The van der Waals surface area contributed by atoms with E-state index in [1.54, 1.807) is 0 Å². The van der Waals surface area contributed by atoms with Gasteiger partial charge in [0.2, 0.25) is 0 Å². The minimum Gasteiger partial charge on any atom is -0.377 e. The molecule has 1 aliphatic carbocycles. The number of hydrogen-bond acceptors (Lipinski definition) is 3. The Bertz CT molecular complexity index is 417. The van der Waals surface area contributed by atoms with Gasteiger partial charge in [0.05, 0.1) is 12.7 Å². The number of benzene rings is 1. The predicted molar refractivity (Wildman–Crippen MR) is 85.4 cm³/mol. The summed E-state index contributed by atoms with van der Waals surface area (Å²) in [5.41, 5.74) is 1.47. The van der Waals surface area contributed by atoms with Gasteiger partial charge in [0.15, 0.2) is 0 Å². The highest BCUT2D eigenvalue weighted by atomic mass is 32.2. The highest BCUT2D eigenvalue weighted by Crippen LogP contribution is 2.35. The summed E-state index contributed by atoms with van der Waals surface area (Å²) < 4.78 is 5.99. The molecule has 2 aliphatic rings. The molecule has 0 saturated heterocycles. The molecule has 1 aliphatic heterocycles. The van der Waals surface area contributed by atoms with E-state index < -0.39 is 0 Å². The van der Waals surface area contributed by atoms with Crippen LogP contribution in [0.3, 0.4) is 0 Å². The molecule has 1 aromatic rings. The predicted octanol–water partition coefficient (Wildman–Crippen LogP) is 4.16. The normalized spacial score (nSPS) is 23.5. The van der Waals surface area contributed by atoms with Gasteiger partial charge in [0.1, 0.15) is 0 Å². The number of nitrogens with one attached hydrogen (secondary N) is 1. The second kappa shape index (κ2) is 7.48. The lowest BCUT2D eigenvalue weighted by Crippen LogP contribution is -2.29. The Kier molecular flexibility index (Phi) is 5.40. The first-order valence-corrected chi connectivity index (χ1v) is 8.99. The third-order valence-electron chi connectivity index (χ3n) is 4.36. The second-order valence-electron chi connectivity index (χ2n) is 5.81. The summed E-state index contributed by atoms with van der Waals surface area (Å²) in [6.45, 7) is 1.83. The lowest BCUT2D eigenvalue weighted by molar-refractivity contribution is 0.0293. The molecule has 2 nitrogen and oxygen atoms in total. The highest BCUT2D eigenvalue weighted by Gasteiger charge is 2.19. The number of rotatable bonds is 5. The fourth-order valence-corrected chi connectivity index (χ4v) is 4.37. The molecule has 0 aromatic heterocycles. The fourth-order valence-electron chi connectivity index (χ4n) is 3.24. The van der Waals surface area contributed by atoms with Crippen molar-refractivity contribution in [3.8, 4) is 0 Å². The zero-order valence-electron chi connectivity index (χ0n) is 12.1. The first-order chi connectivity index (χ1) is 9.93. The first-order valence-electron chi connectivity index (χ1n) is 8.00. The third kappa shape index (κ3) is 3.78. The maximum absolute atomic E-state index is 5.99. The third-order valence-corrected chi connectivity index (χ3v) is 5.48. The van der Waals surface area contributed by atoms with Crippen LogP contribution in [0.4, 0.5) is 0 Å². The van der Waals surface area contributed by atoms with Gasteiger partial charge in [0.25, 0.3) is 0 Å². The van der Waals surface area contributed by atoms with Crippen LogP contribution in [0, 0.1) is 0 Å². The summed E-state index contributed by atoms with van der Waals surface area (Å²) in [5, 5.41) is 3.68. The van der Waals surface area contributed by atoms with Crippen LogP contribution in [0.2, 0.25) is 0 Å². The molecule has 20 heavy (non-hydrogen) atoms. The molecular weight excluding hydrogens is 266 g/mol. The van der Waals surface area contributed by atoms with Crippen LogP contribution >= 0.6 is 11.8 Å². The SMILES string of the molecule is c1ccc2c(c1)SCCC2NCCOC1CCCCC1. The molecule has 1 N–H and O–H groups in total. The van der Waals surface area contributed by atoms with Crippen LogP contribution in [0.15, 0.2) is 29.2 Å². The zero-order valence-corrected chi connectivity index (χ0v) is 13.0. The van der Waals surface area contributed by atoms with E-state index in [9.17, 15) is 0 Å². The minimum atomic E-state index is 0.516. The largest absolute Gasteiger partial charge is 0.377 e. The molecule has 3 heteroatoms. The average Bonchev–Trinajstić information content (AvgIpc) is 2.53. The lowest BCUT2D eigenvalue weighted by Gasteiger charge is -2.27. The van der Waals surface area contributed by atoms with Gasteiger partial charge in [-0.15, -0.1) is 11.8 Å². The Morgan fingerprint density at radius 1 is 1.10 bits per heavy atom. The van der Waals surface area contributed by atoms with Crippen molar-refractivity contribution < 1.29 is 4.74 Å². The Morgan fingerprint density at radius 2 is 1.95 bits per heavy atom. The van der Waals surface area contributed by atoms with E-state index in [4.69, 9.17) is 4.74 Å². The molecule has 1 saturated carbocycles. The van der Waals surface area contributed by atoms with Crippen molar-refractivity contribution >= 4 is 11.8 Å². The van der Waals surface area contributed by atoms with Crippen molar-refractivity contribution in [3.63, 3.8) is 0 Å². The molecule has 1 aromatic carbocycles. The van der Waals surface area contributed by atoms with E-state index >= 15 is 0 Å². The van der Waals surface area contributed by atoms with Crippen molar-refractivity contribution in [1.29, 1.82) is 0 Å². The van der Waals surface area contributed by atoms with Gasteiger partial charge in [-0.25, -0.2) is 0 Å². The molecule has 0 bridgehead atoms. The minimum absolute atomic E-state index is 0.516. The van der Waals surface area contributed by atoms with Crippen molar-refractivity contribution in [3.05, 3.63) is 29.8 Å². The van der Waals surface area contributed by atoms with Crippen LogP contribution in [0.1, 0.15) is 50.1 Å². The standard InChI is InChI=1S/C17H25NOS/c1-2-6-14(7-3-1)19-12-11-18-16-10-13-20-17-9-5-4-8-15(16)17/h4-5,8-9,14,16,18H,1-3,6-7,10-13H2. The number of thioether (sulfide) groups is 1. The molecule has 1 fully saturated rings. The summed E-state index contributed by atoms with van der Waals surface area (Å²) >= 11 is 1.98. The molecule has 1 heterocycles. The number of hydrogen-bond donors (Lipinski definition) is 1. The van der Waals surface area contributed by atoms with Crippen LogP contribution in [-0.2, 0) is 4.74 Å². The van der Waals surface area contributed by atoms with Crippen LogP contribution in [-0.4, -0.2) is 25.0 Å². The van der Waals surface area contributed by atoms with Crippen molar-refractivity contribution in [2.24, 2.45) is 0 Å². The Balaban J connectivity index is 1.43. The van der Waals surface area contributed by atoms with Gasteiger partial charge in [-0.1, -0.05) is 37.5 Å². The van der Waals surface area contributed by atoms with Gasteiger partial charge in [-0.2, -0.15) is 0 Å². The fraction of sp³-hybridized carbons (Fsp3) is 0.647. The molecule has 1 atom stereocenters. The van der Waals surface area contributed by atoms with Crippen LogP contribution in [0.25, 0.3) is 0 Å². The van der Waals surface area contributed by atoms with E-state index in [2.05, 4.69) is 29.6 Å².